The number of aromatic amines is 1. The molecular formula is C12H12N2O2. The number of aromatic nitrogens is 2. The van der Waals surface area contributed by atoms with E-state index in [0.29, 0.717) is 12.1 Å². The highest BCUT2D eigenvalue weighted by Crippen LogP contribution is 1.98. The summed E-state index contributed by atoms with van der Waals surface area (Å²) in [6.07, 6.45) is 1.55. The maximum Gasteiger partial charge on any atom is 0.313 e. The normalized spacial score (nSPS) is 10.3. The van der Waals surface area contributed by atoms with Crippen molar-refractivity contribution in [3.05, 3.63) is 68.2 Å². The molecule has 4 heteroatoms. The smallest absolute Gasteiger partial charge is 0.302 e. The molecule has 0 aliphatic rings. The van der Waals surface area contributed by atoms with Crippen molar-refractivity contribution in [1.29, 1.82) is 0 Å². The molecule has 0 bridgehead atoms. The minimum Gasteiger partial charge on any atom is -0.302 e. The van der Waals surface area contributed by atoms with E-state index in [1.165, 1.54) is 4.68 Å². The topological polar surface area (TPSA) is 54.9 Å². The first-order valence-corrected chi connectivity index (χ1v) is 5.01. The lowest BCUT2D eigenvalue weighted by Crippen LogP contribution is -2.37. The monoisotopic (exact) mass is 216 g/mol. The van der Waals surface area contributed by atoms with Crippen molar-refractivity contribution in [3.8, 4) is 0 Å². The summed E-state index contributed by atoms with van der Waals surface area (Å²) in [7, 11) is 0. The lowest BCUT2D eigenvalue weighted by molar-refractivity contribution is 0.630. The molecule has 1 N–H and O–H groups in total. The molecule has 0 saturated heterocycles. The van der Waals surface area contributed by atoms with Crippen LogP contribution in [0.3, 0.4) is 0 Å². The van der Waals surface area contributed by atoms with Crippen LogP contribution >= 0.6 is 0 Å². The summed E-state index contributed by atoms with van der Waals surface area (Å²) in [5, 5.41) is 2.80. The molecule has 0 radical (unpaired) electrons. The number of hydrogen-bond acceptors (Lipinski definition) is 2. The van der Waals surface area contributed by atoms with E-state index in [0.717, 1.165) is 5.56 Å². The molecule has 0 unspecified atom stereocenters. The Kier molecular flexibility index (Phi) is 2.72. The van der Waals surface area contributed by atoms with Gasteiger partial charge < -0.3 is 5.10 Å². The van der Waals surface area contributed by atoms with Gasteiger partial charge in [-0.1, -0.05) is 30.3 Å². The van der Waals surface area contributed by atoms with Gasteiger partial charge in [-0.2, -0.15) is 0 Å². The third-order valence-corrected chi connectivity index (χ3v) is 2.42. The Hall–Kier alpha value is -2.10. The molecule has 1 aromatic carbocycles. The van der Waals surface area contributed by atoms with Gasteiger partial charge in [-0.3, -0.25) is 9.59 Å². The first-order valence-electron chi connectivity index (χ1n) is 5.01. The van der Waals surface area contributed by atoms with Crippen LogP contribution in [-0.4, -0.2) is 9.78 Å². The second-order valence-corrected chi connectivity index (χ2v) is 3.66. The number of H-pyrrole nitrogens is 1. The summed E-state index contributed by atoms with van der Waals surface area (Å²) >= 11 is 0. The van der Waals surface area contributed by atoms with E-state index in [4.69, 9.17) is 0 Å². The Labute approximate surface area is 92.2 Å². The van der Waals surface area contributed by atoms with Crippen molar-refractivity contribution < 1.29 is 0 Å². The summed E-state index contributed by atoms with van der Waals surface area (Å²) in [5.74, 6) is 0. The lowest BCUT2D eigenvalue weighted by atomic mass is 10.2. The zero-order chi connectivity index (χ0) is 11.5. The Morgan fingerprint density at radius 1 is 1.19 bits per heavy atom. The van der Waals surface area contributed by atoms with Crippen LogP contribution in [0.1, 0.15) is 11.1 Å². The van der Waals surface area contributed by atoms with Gasteiger partial charge in [-0.05, 0) is 12.5 Å². The van der Waals surface area contributed by atoms with Gasteiger partial charge in [0, 0.05) is 11.8 Å². The van der Waals surface area contributed by atoms with E-state index in [2.05, 4.69) is 5.10 Å². The second-order valence-electron chi connectivity index (χ2n) is 3.66. The molecule has 1 aromatic heterocycles. The zero-order valence-electron chi connectivity index (χ0n) is 8.93. The molecule has 0 fully saturated rings. The second kappa shape index (κ2) is 4.18. The van der Waals surface area contributed by atoms with E-state index in [-0.39, 0.29) is 0 Å². The summed E-state index contributed by atoms with van der Waals surface area (Å²) in [4.78, 5) is 23.0. The maximum atomic E-state index is 11.6. The number of aryl methyl sites for hydroxylation is 1. The van der Waals surface area contributed by atoms with Crippen LogP contribution in [0.4, 0.5) is 0 Å². The molecule has 0 aliphatic carbocycles. The summed E-state index contributed by atoms with van der Waals surface area (Å²) in [5.41, 5.74) is 0.456. The largest absolute Gasteiger partial charge is 0.313 e. The molecule has 0 saturated carbocycles. The molecule has 1 heterocycles. The summed E-state index contributed by atoms with van der Waals surface area (Å²) in [6.45, 7) is 2.00. The third kappa shape index (κ3) is 1.95. The first kappa shape index (κ1) is 10.4. The lowest BCUT2D eigenvalue weighted by Gasteiger charge is -2.05. The molecule has 4 nitrogen and oxygen atoms in total. The van der Waals surface area contributed by atoms with Crippen LogP contribution in [0.15, 0.2) is 46.1 Å². The first-order chi connectivity index (χ1) is 7.68. The molecule has 0 spiro atoms. The highest BCUT2D eigenvalue weighted by molar-refractivity contribution is 5.15. The molecule has 2 rings (SSSR count). The summed E-state index contributed by atoms with van der Waals surface area (Å²) in [6, 6.07) is 9.51. The fraction of sp³-hybridized carbons (Fsp3) is 0.167. The summed E-state index contributed by atoms with van der Waals surface area (Å²) < 4.78 is 1.31. The Balaban J connectivity index is 2.41. The van der Waals surface area contributed by atoms with Crippen LogP contribution in [0.5, 0.6) is 0 Å². The standard InChI is InChI=1S/C12H12N2O2/c1-9-7-13-14(12(16)11(9)15)8-10-5-3-2-4-6-10/h2-7,13H,8H2,1H3. The molecular weight excluding hydrogens is 204 g/mol. The van der Waals surface area contributed by atoms with Crippen molar-refractivity contribution >= 4 is 0 Å². The number of nitrogens with zero attached hydrogens (tertiary/aromatic N) is 1. The SMILES string of the molecule is Cc1c[nH]n(Cc2ccccc2)c(=O)c1=O. The Morgan fingerprint density at radius 3 is 2.56 bits per heavy atom. The van der Waals surface area contributed by atoms with Crippen LogP contribution in [0.25, 0.3) is 0 Å². The predicted octanol–water partition coefficient (Wildman–Crippen LogP) is 0.893. The fourth-order valence-corrected chi connectivity index (χ4v) is 1.47. The van der Waals surface area contributed by atoms with Gasteiger partial charge in [-0.25, -0.2) is 4.68 Å². The zero-order valence-corrected chi connectivity index (χ0v) is 8.93. The fourth-order valence-electron chi connectivity index (χ4n) is 1.47. The van der Waals surface area contributed by atoms with Crippen LogP contribution in [0, 0.1) is 6.92 Å². The quantitative estimate of drug-likeness (QED) is 0.758. The van der Waals surface area contributed by atoms with Crippen molar-refractivity contribution in [1.82, 2.24) is 9.78 Å². The van der Waals surface area contributed by atoms with Gasteiger partial charge >= 0.3 is 5.56 Å². The van der Waals surface area contributed by atoms with Crippen molar-refractivity contribution in [2.45, 2.75) is 13.5 Å². The number of nitrogens with one attached hydrogen (secondary N) is 1. The average Bonchev–Trinajstić information content (AvgIpc) is 2.31. The van der Waals surface area contributed by atoms with Crippen molar-refractivity contribution in [2.24, 2.45) is 0 Å². The number of benzene rings is 1. The van der Waals surface area contributed by atoms with Gasteiger partial charge in [0.05, 0.1) is 6.54 Å². The molecule has 82 valence electrons. The minimum absolute atomic E-state index is 0.384. The van der Waals surface area contributed by atoms with Crippen LogP contribution in [0.2, 0.25) is 0 Å². The van der Waals surface area contributed by atoms with Gasteiger partial charge in [0.1, 0.15) is 0 Å². The van der Waals surface area contributed by atoms with Gasteiger partial charge in [0.2, 0.25) is 5.43 Å². The highest BCUT2D eigenvalue weighted by atomic mass is 16.2. The molecule has 0 aliphatic heterocycles. The number of rotatable bonds is 2. The maximum absolute atomic E-state index is 11.6. The predicted molar refractivity (Wildman–Crippen MR) is 61.6 cm³/mol. The molecule has 16 heavy (non-hydrogen) atoms. The van der Waals surface area contributed by atoms with Crippen molar-refractivity contribution in [2.75, 3.05) is 0 Å². The van der Waals surface area contributed by atoms with E-state index < -0.39 is 11.0 Å². The Bertz CT molecular complexity index is 596. The van der Waals surface area contributed by atoms with E-state index in [1.807, 2.05) is 30.3 Å². The van der Waals surface area contributed by atoms with Crippen molar-refractivity contribution in [3.63, 3.8) is 0 Å². The van der Waals surface area contributed by atoms with E-state index in [1.54, 1.807) is 13.1 Å². The average molecular weight is 216 g/mol. The molecule has 2 aromatic rings. The van der Waals surface area contributed by atoms with Crippen LogP contribution in [-0.2, 0) is 6.54 Å². The van der Waals surface area contributed by atoms with Crippen LogP contribution < -0.4 is 11.0 Å². The van der Waals surface area contributed by atoms with Gasteiger partial charge in [0.15, 0.2) is 0 Å². The third-order valence-electron chi connectivity index (χ3n) is 2.42. The minimum atomic E-state index is -0.510. The van der Waals surface area contributed by atoms with E-state index in [9.17, 15) is 9.59 Å². The molecule has 0 amide bonds. The highest BCUT2D eigenvalue weighted by Gasteiger charge is 2.03. The van der Waals surface area contributed by atoms with Gasteiger partial charge in [-0.15, -0.1) is 0 Å². The number of hydrogen-bond donors (Lipinski definition) is 1. The molecule has 0 atom stereocenters. The van der Waals surface area contributed by atoms with Gasteiger partial charge in [0.25, 0.3) is 0 Å². The Morgan fingerprint density at radius 2 is 1.88 bits per heavy atom. The van der Waals surface area contributed by atoms with E-state index >= 15 is 0 Å².